The van der Waals surface area contributed by atoms with Gasteiger partial charge in [-0.15, -0.1) is 0 Å². The molecule has 1 aliphatic heterocycles. The van der Waals surface area contributed by atoms with E-state index in [2.05, 4.69) is 10.1 Å². The van der Waals surface area contributed by atoms with Crippen molar-refractivity contribution in [3.8, 4) is 5.75 Å². The first-order chi connectivity index (χ1) is 6.27. The zero-order valence-corrected chi connectivity index (χ0v) is 6.89. The van der Waals surface area contributed by atoms with Gasteiger partial charge < -0.3 is 10.1 Å². The Morgan fingerprint density at radius 3 is 2.92 bits per heavy atom. The van der Waals surface area contributed by atoms with Gasteiger partial charge in [-0.3, -0.25) is 0 Å². The number of hydrogen-bond donors (Lipinski definition) is 1. The van der Waals surface area contributed by atoms with Gasteiger partial charge in [0.05, 0.1) is 0 Å². The van der Waals surface area contributed by atoms with Crippen LogP contribution in [-0.4, -0.2) is 6.61 Å². The van der Waals surface area contributed by atoms with Crippen molar-refractivity contribution in [1.29, 1.82) is 0 Å². The summed E-state index contributed by atoms with van der Waals surface area (Å²) in [6.07, 6.45) is 0. The number of benzene rings is 1. The Morgan fingerprint density at radius 1 is 1.31 bits per heavy atom. The standard InChI is InChI=1S/C9H9F2NO/c10-9(11)13-8-3-1-2-6-4-12-5-7(6)8/h1-3,9,12H,4-5H2. The molecule has 1 aliphatic rings. The number of fused-ring (bicyclic) bond motifs is 1. The minimum atomic E-state index is -2.74. The normalized spacial score (nSPS) is 14.7. The zero-order valence-electron chi connectivity index (χ0n) is 6.89. The summed E-state index contributed by atoms with van der Waals surface area (Å²) in [6, 6.07) is 5.20. The van der Waals surface area contributed by atoms with Crippen molar-refractivity contribution in [3.63, 3.8) is 0 Å². The van der Waals surface area contributed by atoms with Crippen LogP contribution in [0.4, 0.5) is 8.78 Å². The molecule has 0 amide bonds. The molecular weight excluding hydrogens is 176 g/mol. The van der Waals surface area contributed by atoms with Gasteiger partial charge in [0, 0.05) is 18.7 Å². The first-order valence-corrected chi connectivity index (χ1v) is 4.03. The van der Waals surface area contributed by atoms with Crippen LogP contribution in [-0.2, 0) is 13.1 Å². The molecule has 70 valence electrons. The summed E-state index contributed by atoms with van der Waals surface area (Å²) in [5.41, 5.74) is 1.89. The molecule has 0 atom stereocenters. The van der Waals surface area contributed by atoms with E-state index in [1.54, 1.807) is 12.1 Å². The van der Waals surface area contributed by atoms with Crippen molar-refractivity contribution in [2.24, 2.45) is 0 Å². The van der Waals surface area contributed by atoms with Crippen molar-refractivity contribution in [2.75, 3.05) is 0 Å². The molecule has 0 radical (unpaired) electrons. The van der Waals surface area contributed by atoms with E-state index in [9.17, 15) is 8.78 Å². The number of halogens is 2. The third-order valence-corrected chi connectivity index (χ3v) is 2.06. The van der Waals surface area contributed by atoms with E-state index in [4.69, 9.17) is 0 Å². The first kappa shape index (κ1) is 8.44. The minimum Gasteiger partial charge on any atom is -0.434 e. The average molecular weight is 185 g/mol. The van der Waals surface area contributed by atoms with E-state index in [-0.39, 0.29) is 5.75 Å². The third kappa shape index (κ3) is 1.62. The molecule has 2 rings (SSSR count). The molecule has 13 heavy (non-hydrogen) atoms. The van der Waals surface area contributed by atoms with Crippen molar-refractivity contribution < 1.29 is 13.5 Å². The minimum absolute atomic E-state index is 0.289. The molecule has 1 N–H and O–H groups in total. The molecule has 0 saturated heterocycles. The maximum Gasteiger partial charge on any atom is 0.387 e. The molecule has 0 saturated carbocycles. The molecule has 1 aromatic carbocycles. The van der Waals surface area contributed by atoms with E-state index in [0.29, 0.717) is 6.54 Å². The summed E-state index contributed by atoms with van der Waals surface area (Å²) in [4.78, 5) is 0. The Kier molecular flexibility index (Phi) is 2.14. The van der Waals surface area contributed by atoms with Gasteiger partial charge in [0.25, 0.3) is 0 Å². The quantitative estimate of drug-likeness (QED) is 0.759. The summed E-state index contributed by atoms with van der Waals surface area (Å²) >= 11 is 0. The van der Waals surface area contributed by atoms with Gasteiger partial charge in [-0.2, -0.15) is 8.78 Å². The summed E-state index contributed by atoms with van der Waals surface area (Å²) in [5.74, 6) is 0.289. The smallest absolute Gasteiger partial charge is 0.387 e. The molecule has 0 aromatic heterocycles. The van der Waals surface area contributed by atoms with E-state index >= 15 is 0 Å². The lowest BCUT2D eigenvalue weighted by Crippen LogP contribution is -2.05. The lowest BCUT2D eigenvalue weighted by atomic mass is 10.1. The average Bonchev–Trinajstić information content (AvgIpc) is 2.51. The monoisotopic (exact) mass is 185 g/mol. The van der Waals surface area contributed by atoms with Gasteiger partial charge in [0.2, 0.25) is 0 Å². The van der Waals surface area contributed by atoms with Gasteiger partial charge >= 0.3 is 6.61 Å². The van der Waals surface area contributed by atoms with Crippen LogP contribution in [0.15, 0.2) is 18.2 Å². The highest BCUT2D eigenvalue weighted by atomic mass is 19.3. The number of hydrogen-bond acceptors (Lipinski definition) is 2. The van der Waals surface area contributed by atoms with Crippen LogP contribution in [0.5, 0.6) is 5.75 Å². The maximum atomic E-state index is 11.9. The molecule has 0 bridgehead atoms. The van der Waals surface area contributed by atoms with Gasteiger partial charge in [-0.1, -0.05) is 12.1 Å². The van der Waals surface area contributed by atoms with Gasteiger partial charge in [-0.05, 0) is 11.6 Å². The van der Waals surface area contributed by atoms with E-state index in [0.717, 1.165) is 17.7 Å². The highest BCUT2D eigenvalue weighted by Crippen LogP contribution is 2.27. The second-order valence-corrected chi connectivity index (χ2v) is 2.88. The number of alkyl halides is 2. The molecule has 1 aromatic rings. The number of ether oxygens (including phenoxy) is 1. The van der Waals surface area contributed by atoms with E-state index < -0.39 is 6.61 Å². The topological polar surface area (TPSA) is 21.3 Å². The third-order valence-electron chi connectivity index (χ3n) is 2.06. The van der Waals surface area contributed by atoms with Crippen LogP contribution in [0.25, 0.3) is 0 Å². The summed E-state index contributed by atoms with van der Waals surface area (Å²) in [7, 11) is 0. The number of rotatable bonds is 2. The molecule has 1 heterocycles. The number of nitrogens with one attached hydrogen (secondary N) is 1. The Balaban J connectivity index is 2.30. The molecule has 4 heteroatoms. The fraction of sp³-hybridized carbons (Fsp3) is 0.333. The second kappa shape index (κ2) is 3.30. The summed E-state index contributed by atoms with van der Waals surface area (Å²) in [5, 5.41) is 3.08. The van der Waals surface area contributed by atoms with Gasteiger partial charge in [0.15, 0.2) is 0 Å². The van der Waals surface area contributed by atoms with Crippen molar-refractivity contribution in [2.45, 2.75) is 19.7 Å². The van der Waals surface area contributed by atoms with Crippen LogP contribution < -0.4 is 10.1 Å². The van der Waals surface area contributed by atoms with Crippen LogP contribution in [0, 0.1) is 0 Å². The molecule has 2 nitrogen and oxygen atoms in total. The fourth-order valence-corrected chi connectivity index (χ4v) is 1.51. The van der Waals surface area contributed by atoms with Crippen LogP contribution >= 0.6 is 0 Å². The van der Waals surface area contributed by atoms with Crippen LogP contribution in [0.1, 0.15) is 11.1 Å². The van der Waals surface area contributed by atoms with Gasteiger partial charge in [0.1, 0.15) is 5.75 Å². The predicted octanol–water partition coefficient (Wildman–Crippen LogP) is 1.89. The van der Waals surface area contributed by atoms with Crippen LogP contribution in [0.2, 0.25) is 0 Å². The molecule has 0 fully saturated rings. The highest BCUT2D eigenvalue weighted by Gasteiger charge is 2.16. The molecular formula is C9H9F2NO. The second-order valence-electron chi connectivity index (χ2n) is 2.88. The zero-order chi connectivity index (χ0) is 9.26. The fourth-order valence-electron chi connectivity index (χ4n) is 1.51. The van der Waals surface area contributed by atoms with Crippen molar-refractivity contribution in [1.82, 2.24) is 5.32 Å². The summed E-state index contributed by atoms with van der Waals surface area (Å²) < 4.78 is 28.3. The van der Waals surface area contributed by atoms with E-state index in [1.165, 1.54) is 0 Å². The Labute approximate surface area is 74.5 Å². The van der Waals surface area contributed by atoms with Crippen molar-refractivity contribution >= 4 is 0 Å². The molecule has 0 aliphatic carbocycles. The molecule has 0 spiro atoms. The van der Waals surface area contributed by atoms with Gasteiger partial charge in [-0.25, -0.2) is 0 Å². The lowest BCUT2D eigenvalue weighted by Gasteiger charge is -2.08. The Hall–Kier alpha value is -1.16. The van der Waals surface area contributed by atoms with E-state index in [1.807, 2.05) is 6.07 Å². The highest BCUT2D eigenvalue weighted by molar-refractivity contribution is 5.42. The van der Waals surface area contributed by atoms with Crippen molar-refractivity contribution in [3.05, 3.63) is 29.3 Å². The summed E-state index contributed by atoms with van der Waals surface area (Å²) in [6.45, 7) is -1.40. The Morgan fingerprint density at radius 2 is 2.15 bits per heavy atom. The lowest BCUT2D eigenvalue weighted by molar-refractivity contribution is -0.0504. The SMILES string of the molecule is FC(F)Oc1cccc2c1CNC2. The first-order valence-electron chi connectivity index (χ1n) is 4.03. The maximum absolute atomic E-state index is 11.9. The Bertz CT molecular complexity index is 314. The predicted molar refractivity (Wildman–Crippen MR) is 43.6 cm³/mol. The largest absolute Gasteiger partial charge is 0.434 e. The van der Waals surface area contributed by atoms with Crippen LogP contribution in [0.3, 0.4) is 0 Å². The molecule has 0 unspecified atom stereocenters.